The molecule has 4 heteroatoms. The smallest absolute Gasteiger partial charge is 0.139 e. The van der Waals surface area contributed by atoms with Crippen LogP contribution in [0.15, 0.2) is 134 Å². The van der Waals surface area contributed by atoms with Crippen LogP contribution in [0, 0.1) is 11.8 Å². The Hall–Kier alpha value is -4.70. The van der Waals surface area contributed by atoms with Gasteiger partial charge in [0.25, 0.3) is 0 Å². The lowest BCUT2D eigenvalue weighted by Gasteiger charge is -2.27. The van der Waals surface area contributed by atoms with Crippen molar-refractivity contribution < 1.29 is 0 Å². The van der Waals surface area contributed by atoms with Gasteiger partial charge in [0, 0.05) is 54.4 Å². The Kier molecular flexibility index (Phi) is 10.2. The molecule has 47 heavy (non-hydrogen) atoms. The molecule has 0 radical (unpaired) electrons. The summed E-state index contributed by atoms with van der Waals surface area (Å²) in [5.41, 5.74) is 7.85. The van der Waals surface area contributed by atoms with Crippen molar-refractivity contribution in [2.75, 3.05) is 0 Å². The van der Waals surface area contributed by atoms with Gasteiger partial charge in [0.1, 0.15) is 11.6 Å². The molecule has 0 saturated carbocycles. The maximum absolute atomic E-state index is 4.64. The third kappa shape index (κ3) is 8.00. The molecule has 2 atom stereocenters. The molecule has 2 unspecified atom stereocenters. The van der Waals surface area contributed by atoms with Crippen molar-refractivity contribution in [2.24, 2.45) is 11.8 Å². The zero-order chi connectivity index (χ0) is 32.6. The molecule has 0 aliphatic carbocycles. The zero-order valence-corrected chi connectivity index (χ0v) is 28.4. The average molecular weight is 621 g/mol. The van der Waals surface area contributed by atoms with Crippen molar-refractivity contribution in [3.05, 3.63) is 156 Å². The molecule has 0 fully saturated rings. The molecule has 2 heterocycles. The summed E-state index contributed by atoms with van der Waals surface area (Å²) in [5, 5.41) is 0. The van der Waals surface area contributed by atoms with Gasteiger partial charge < -0.3 is 9.13 Å². The highest BCUT2D eigenvalue weighted by Crippen LogP contribution is 2.33. The molecule has 0 aliphatic heterocycles. The van der Waals surface area contributed by atoms with Crippen molar-refractivity contribution in [2.45, 2.75) is 71.9 Å². The number of imidazole rings is 2. The molecule has 4 nitrogen and oxygen atoms in total. The standard InChI is InChI=1S/C43H48N4/c1-33(31-46-27-25-44-41(46)37-15-7-5-8-16-37)21-23-35-13-11-19-39(29-35)43(3,4)40-20-12-14-36(30-40)24-22-34(2)32-47-28-26-45-42(47)38-17-9-6-10-18-38/h5-20,25-30,33-34H,21-24,31-32H2,1-4H3. The topological polar surface area (TPSA) is 35.6 Å². The second kappa shape index (κ2) is 14.8. The first-order valence-corrected chi connectivity index (χ1v) is 17.2. The Morgan fingerprint density at radius 2 is 0.979 bits per heavy atom. The Morgan fingerprint density at radius 1 is 0.553 bits per heavy atom. The molecule has 0 amide bonds. The van der Waals surface area contributed by atoms with E-state index in [-0.39, 0.29) is 5.41 Å². The van der Waals surface area contributed by atoms with Crippen LogP contribution in [0.5, 0.6) is 0 Å². The fourth-order valence-electron chi connectivity index (χ4n) is 6.69. The van der Waals surface area contributed by atoms with Crippen LogP contribution in [-0.4, -0.2) is 19.1 Å². The fraction of sp³-hybridized carbons (Fsp3) is 0.302. The first kappa shape index (κ1) is 32.2. The highest BCUT2D eigenvalue weighted by Gasteiger charge is 2.24. The second-order valence-electron chi connectivity index (χ2n) is 13.9. The number of hydrogen-bond donors (Lipinski definition) is 0. The van der Waals surface area contributed by atoms with Crippen molar-refractivity contribution in [3.63, 3.8) is 0 Å². The van der Waals surface area contributed by atoms with Gasteiger partial charge in [-0.1, -0.05) is 137 Å². The highest BCUT2D eigenvalue weighted by atomic mass is 15.1. The molecule has 0 spiro atoms. The van der Waals surface area contributed by atoms with Gasteiger partial charge in [0.15, 0.2) is 0 Å². The molecule has 6 aromatic rings. The van der Waals surface area contributed by atoms with E-state index in [9.17, 15) is 0 Å². The molecule has 0 bridgehead atoms. The van der Waals surface area contributed by atoms with Crippen LogP contribution in [0.1, 0.15) is 62.8 Å². The monoisotopic (exact) mass is 620 g/mol. The van der Waals surface area contributed by atoms with Crippen LogP contribution in [0.2, 0.25) is 0 Å². The van der Waals surface area contributed by atoms with Crippen molar-refractivity contribution >= 4 is 0 Å². The fourth-order valence-corrected chi connectivity index (χ4v) is 6.69. The summed E-state index contributed by atoms with van der Waals surface area (Å²) < 4.78 is 4.60. The number of rotatable bonds is 14. The van der Waals surface area contributed by atoms with Crippen LogP contribution in [0.4, 0.5) is 0 Å². The first-order chi connectivity index (χ1) is 22.9. The van der Waals surface area contributed by atoms with Crippen LogP contribution in [0.25, 0.3) is 22.8 Å². The first-order valence-electron chi connectivity index (χ1n) is 17.2. The zero-order valence-electron chi connectivity index (χ0n) is 28.4. The van der Waals surface area contributed by atoms with Gasteiger partial charge in [-0.15, -0.1) is 0 Å². The molecule has 6 rings (SSSR count). The van der Waals surface area contributed by atoms with Crippen LogP contribution < -0.4 is 0 Å². The summed E-state index contributed by atoms with van der Waals surface area (Å²) in [6, 6.07) is 39.5. The molecule has 240 valence electrons. The molecule has 0 saturated heterocycles. The minimum atomic E-state index is -0.0773. The van der Waals surface area contributed by atoms with Crippen molar-refractivity contribution in [1.82, 2.24) is 19.1 Å². The minimum absolute atomic E-state index is 0.0773. The van der Waals surface area contributed by atoms with E-state index in [2.05, 4.69) is 168 Å². The molecular weight excluding hydrogens is 573 g/mol. The summed E-state index contributed by atoms with van der Waals surface area (Å²) in [5.74, 6) is 3.18. The quantitative estimate of drug-likeness (QED) is 0.121. The number of hydrogen-bond acceptors (Lipinski definition) is 2. The molecule has 0 N–H and O–H groups in total. The van der Waals surface area contributed by atoms with Crippen LogP contribution in [0.3, 0.4) is 0 Å². The molecule has 0 aliphatic rings. The largest absolute Gasteiger partial charge is 0.331 e. The van der Waals surface area contributed by atoms with Crippen LogP contribution in [-0.2, 0) is 31.3 Å². The van der Waals surface area contributed by atoms with Gasteiger partial charge in [0.05, 0.1) is 0 Å². The van der Waals surface area contributed by atoms with Gasteiger partial charge in [-0.25, -0.2) is 9.97 Å². The summed E-state index contributed by atoms with van der Waals surface area (Å²) in [7, 11) is 0. The van der Waals surface area contributed by atoms with E-state index < -0.39 is 0 Å². The van der Waals surface area contributed by atoms with Gasteiger partial charge in [-0.05, 0) is 59.8 Å². The van der Waals surface area contributed by atoms with Gasteiger partial charge in [0.2, 0.25) is 0 Å². The average Bonchev–Trinajstić information content (AvgIpc) is 3.77. The summed E-state index contributed by atoms with van der Waals surface area (Å²) >= 11 is 0. The maximum Gasteiger partial charge on any atom is 0.139 e. The van der Waals surface area contributed by atoms with E-state index in [0.29, 0.717) is 11.8 Å². The van der Waals surface area contributed by atoms with Crippen LogP contribution >= 0.6 is 0 Å². The van der Waals surface area contributed by atoms with E-state index in [1.54, 1.807) is 0 Å². The van der Waals surface area contributed by atoms with E-state index in [1.807, 2.05) is 12.4 Å². The Labute approximate surface area is 281 Å². The van der Waals surface area contributed by atoms with E-state index in [1.165, 1.54) is 33.4 Å². The van der Waals surface area contributed by atoms with Gasteiger partial charge >= 0.3 is 0 Å². The molecular formula is C43H48N4. The number of benzene rings is 4. The lowest BCUT2D eigenvalue weighted by Crippen LogP contribution is -2.19. The third-order valence-electron chi connectivity index (χ3n) is 9.66. The maximum atomic E-state index is 4.64. The number of aryl methyl sites for hydroxylation is 2. The van der Waals surface area contributed by atoms with Crippen molar-refractivity contribution in [3.8, 4) is 22.8 Å². The predicted molar refractivity (Wildman–Crippen MR) is 195 cm³/mol. The summed E-state index contributed by atoms with van der Waals surface area (Å²) in [6.45, 7) is 11.4. The lowest BCUT2D eigenvalue weighted by molar-refractivity contribution is 0.452. The Bertz CT molecular complexity index is 1710. The third-order valence-corrected chi connectivity index (χ3v) is 9.66. The highest BCUT2D eigenvalue weighted by molar-refractivity contribution is 5.56. The Balaban J connectivity index is 1.05. The lowest BCUT2D eigenvalue weighted by atomic mass is 9.77. The predicted octanol–water partition coefficient (Wildman–Crippen LogP) is 10.3. The summed E-state index contributed by atoms with van der Waals surface area (Å²) in [4.78, 5) is 9.28. The summed E-state index contributed by atoms with van der Waals surface area (Å²) in [6.07, 6.45) is 12.5. The molecule has 2 aromatic heterocycles. The second-order valence-corrected chi connectivity index (χ2v) is 13.9. The number of aromatic nitrogens is 4. The SMILES string of the molecule is CC(CCc1cccc(C(C)(C)c2cccc(CCC(C)Cn3ccnc3-c3ccccc3)c2)c1)Cn1ccnc1-c1ccccc1. The molecule has 4 aromatic carbocycles. The van der Waals surface area contributed by atoms with Gasteiger partial charge in [-0.2, -0.15) is 0 Å². The normalized spacial score (nSPS) is 13.0. The van der Waals surface area contributed by atoms with E-state index >= 15 is 0 Å². The number of nitrogens with zero attached hydrogens (tertiary/aromatic N) is 4. The van der Waals surface area contributed by atoms with E-state index in [4.69, 9.17) is 0 Å². The Morgan fingerprint density at radius 3 is 1.40 bits per heavy atom. The van der Waals surface area contributed by atoms with E-state index in [0.717, 1.165) is 50.4 Å². The van der Waals surface area contributed by atoms with Crippen molar-refractivity contribution in [1.29, 1.82) is 0 Å². The minimum Gasteiger partial charge on any atom is -0.331 e. The van der Waals surface area contributed by atoms with Gasteiger partial charge in [-0.3, -0.25) is 0 Å².